The summed E-state index contributed by atoms with van der Waals surface area (Å²) in [6.07, 6.45) is 12.9. The van der Waals surface area contributed by atoms with Gasteiger partial charge in [0.2, 0.25) is 0 Å². The first-order valence-corrected chi connectivity index (χ1v) is 12.2. The van der Waals surface area contributed by atoms with Crippen LogP contribution >= 0.6 is 0 Å². The lowest BCUT2D eigenvalue weighted by Gasteiger charge is -2.32. The molecule has 2 aromatic heterocycles. The molecule has 8 nitrogen and oxygen atoms in total. The molecular formula is C25H30N6O2. The highest BCUT2D eigenvalue weighted by molar-refractivity contribution is 5.85. The number of benzene rings is 1. The lowest BCUT2D eigenvalue weighted by Crippen LogP contribution is -2.36. The zero-order valence-corrected chi connectivity index (χ0v) is 18.9. The molecule has 1 saturated carbocycles. The lowest BCUT2D eigenvalue weighted by atomic mass is 9.92. The topological polar surface area (TPSA) is 85.3 Å². The fraction of sp³-hybridized carbons (Fsp3) is 0.520. The van der Waals surface area contributed by atoms with Crippen molar-refractivity contribution in [2.24, 2.45) is 0 Å². The van der Waals surface area contributed by atoms with Gasteiger partial charge in [-0.3, -0.25) is 4.98 Å². The predicted molar refractivity (Wildman–Crippen MR) is 127 cm³/mol. The molecule has 1 aromatic carbocycles. The van der Waals surface area contributed by atoms with Crippen LogP contribution in [0.3, 0.4) is 0 Å². The third-order valence-corrected chi connectivity index (χ3v) is 7.08. The van der Waals surface area contributed by atoms with Gasteiger partial charge in [0.1, 0.15) is 23.4 Å². The van der Waals surface area contributed by atoms with Crippen LogP contribution in [0.5, 0.6) is 5.75 Å². The summed E-state index contributed by atoms with van der Waals surface area (Å²) >= 11 is 0. The van der Waals surface area contributed by atoms with Crippen molar-refractivity contribution in [1.82, 2.24) is 19.9 Å². The Morgan fingerprint density at radius 3 is 2.67 bits per heavy atom. The van der Waals surface area contributed by atoms with E-state index < -0.39 is 0 Å². The molecule has 172 valence electrons. The van der Waals surface area contributed by atoms with Crippen molar-refractivity contribution in [2.75, 3.05) is 36.5 Å². The second-order valence-electron chi connectivity index (χ2n) is 9.20. The maximum Gasteiger partial charge on any atom is 0.149 e. The van der Waals surface area contributed by atoms with Crippen LogP contribution in [0.1, 0.15) is 43.4 Å². The molecule has 0 atom stereocenters. The van der Waals surface area contributed by atoms with Gasteiger partial charge in [-0.1, -0.05) is 0 Å². The highest BCUT2D eigenvalue weighted by Crippen LogP contribution is 2.34. The van der Waals surface area contributed by atoms with Crippen molar-refractivity contribution in [3.63, 3.8) is 0 Å². The molecule has 6 rings (SSSR count). The van der Waals surface area contributed by atoms with Crippen LogP contribution in [-0.2, 0) is 17.6 Å². The van der Waals surface area contributed by atoms with E-state index in [0.717, 1.165) is 93.1 Å². The van der Waals surface area contributed by atoms with E-state index in [2.05, 4.69) is 42.3 Å². The van der Waals surface area contributed by atoms with E-state index in [1.807, 2.05) is 0 Å². The number of hydrogen-bond acceptors (Lipinski definition) is 8. The number of hydrogen-bond donors (Lipinski definition) is 1. The van der Waals surface area contributed by atoms with Crippen molar-refractivity contribution in [1.29, 1.82) is 0 Å². The predicted octanol–water partition coefficient (Wildman–Crippen LogP) is 3.55. The lowest BCUT2D eigenvalue weighted by molar-refractivity contribution is 0.122. The highest BCUT2D eigenvalue weighted by atomic mass is 16.5. The van der Waals surface area contributed by atoms with Crippen molar-refractivity contribution >= 4 is 22.5 Å². The molecule has 0 unspecified atom stereocenters. The summed E-state index contributed by atoms with van der Waals surface area (Å²) in [6, 6.07) is 4.68. The summed E-state index contributed by atoms with van der Waals surface area (Å²) in [6.45, 7) is 3.27. The number of rotatable bonds is 5. The minimum atomic E-state index is 0.185. The van der Waals surface area contributed by atoms with Gasteiger partial charge in [0.15, 0.2) is 0 Å². The Morgan fingerprint density at radius 1 is 0.939 bits per heavy atom. The summed E-state index contributed by atoms with van der Waals surface area (Å²) in [7, 11) is 0. The van der Waals surface area contributed by atoms with Crippen molar-refractivity contribution < 1.29 is 9.47 Å². The Hall–Kier alpha value is -3.00. The van der Waals surface area contributed by atoms with Crippen molar-refractivity contribution in [2.45, 2.75) is 57.1 Å². The molecule has 3 heterocycles. The van der Waals surface area contributed by atoms with Crippen LogP contribution in [-0.4, -0.2) is 58.4 Å². The van der Waals surface area contributed by atoms with E-state index in [1.54, 1.807) is 18.7 Å². The van der Waals surface area contributed by atoms with Crippen LogP contribution < -0.4 is 15.0 Å². The molecule has 0 amide bonds. The van der Waals surface area contributed by atoms with Crippen molar-refractivity contribution in [3.8, 4) is 5.75 Å². The Morgan fingerprint density at radius 2 is 1.79 bits per heavy atom. The summed E-state index contributed by atoms with van der Waals surface area (Å²) in [5, 5.41) is 3.70. The second kappa shape index (κ2) is 9.09. The quantitative estimate of drug-likeness (QED) is 0.637. The van der Waals surface area contributed by atoms with Gasteiger partial charge in [-0.05, 0) is 51.0 Å². The minimum Gasteiger partial charge on any atom is -0.488 e. The molecule has 0 spiro atoms. The molecule has 3 aliphatic rings. The molecule has 33 heavy (non-hydrogen) atoms. The van der Waals surface area contributed by atoms with Crippen LogP contribution in [0.15, 0.2) is 30.9 Å². The summed E-state index contributed by atoms with van der Waals surface area (Å²) in [4.78, 5) is 20.5. The molecule has 3 aromatic rings. The highest BCUT2D eigenvalue weighted by Gasteiger charge is 2.26. The fourth-order valence-corrected chi connectivity index (χ4v) is 5.30. The monoisotopic (exact) mass is 446 g/mol. The minimum absolute atomic E-state index is 0.185. The van der Waals surface area contributed by atoms with Crippen LogP contribution in [0, 0.1) is 0 Å². The fourth-order valence-electron chi connectivity index (χ4n) is 5.30. The smallest absolute Gasteiger partial charge is 0.149 e. The number of aryl methyl sites for hydroxylation is 1. The number of anilines is 2. The summed E-state index contributed by atoms with van der Waals surface area (Å²) < 4.78 is 12.1. The van der Waals surface area contributed by atoms with E-state index in [0.29, 0.717) is 6.04 Å². The largest absolute Gasteiger partial charge is 0.488 e. The average Bonchev–Trinajstić information content (AvgIpc) is 3.36. The van der Waals surface area contributed by atoms with Crippen LogP contribution in [0.2, 0.25) is 0 Å². The number of ether oxygens (including phenoxy) is 2. The first kappa shape index (κ1) is 20.6. The number of nitrogens with one attached hydrogen (secondary N) is 1. The van der Waals surface area contributed by atoms with E-state index in [1.165, 1.54) is 17.7 Å². The van der Waals surface area contributed by atoms with Gasteiger partial charge >= 0.3 is 0 Å². The molecule has 0 bridgehead atoms. The van der Waals surface area contributed by atoms with E-state index in [9.17, 15) is 0 Å². The van der Waals surface area contributed by atoms with E-state index in [-0.39, 0.29) is 6.10 Å². The number of fused-ring (bicyclic) bond motifs is 2. The summed E-state index contributed by atoms with van der Waals surface area (Å²) in [5.74, 6) is 1.88. The molecule has 1 saturated heterocycles. The van der Waals surface area contributed by atoms with Crippen LogP contribution in [0.4, 0.5) is 11.5 Å². The van der Waals surface area contributed by atoms with Gasteiger partial charge < -0.3 is 19.7 Å². The molecule has 1 aliphatic heterocycles. The van der Waals surface area contributed by atoms with Crippen LogP contribution in [0.25, 0.3) is 11.0 Å². The van der Waals surface area contributed by atoms with Crippen molar-refractivity contribution in [3.05, 3.63) is 42.1 Å². The number of aromatic nitrogens is 4. The third-order valence-electron chi connectivity index (χ3n) is 7.08. The zero-order chi connectivity index (χ0) is 22.0. The normalized spacial score (nSPS) is 22.8. The Labute approximate surface area is 193 Å². The number of morpholine rings is 1. The van der Waals surface area contributed by atoms with Gasteiger partial charge in [0.05, 0.1) is 24.8 Å². The second-order valence-corrected chi connectivity index (χ2v) is 9.20. The SMILES string of the molecule is c1nc2c(c(NC3CCC(Oc4cc(N5CCOCC5)cc5nccnc45)CC3)n1)CCC2. The standard InChI is InChI=1S/C25H30N6O2/c1-2-20-21(3-1)28-16-29-25(20)30-17-4-6-19(7-5-17)33-23-15-18(31-10-12-32-13-11-31)14-22-24(23)27-9-8-26-22/h8-9,14-17,19H,1-7,10-13H2,(H,28,29,30). The Balaban J connectivity index is 1.15. The van der Waals surface area contributed by atoms with Gasteiger partial charge in [-0.15, -0.1) is 0 Å². The first-order chi connectivity index (χ1) is 16.3. The number of nitrogens with zero attached hydrogens (tertiary/aromatic N) is 5. The van der Waals surface area contributed by atoms with Gasteiger partial charge in [-0.2, -0.15) is 0 Å². The Kier molecular flexibility index (Phi) is 5.68. The Bertz CT molecular complexity index is 1130. The molecule has 1 N–H and O–H groups in total. The maximum atomic E-state index is 6.56. The zero-order valence-electron chi connectivity index (χ0n) is 18.9. The third kappa shape index (κ3) is 4.31. The van der Waals surface area contributed by atoms with Gasteiger partial charge in [0.25, 0.3) is 0 Å². The molecule has 2 aliphatic carbocycles. The molecular weight excluding hydrogens is 416 g/mol. The molecule has 8 heteroatoms. The maximum absolute atomic E-state index is 6.56. The van der Waals surface area contributed by atoms with Gasteiger partial charge in [-0.25, -0.2) is 15.0 Å². The molecule has 2 fully saturated rings. The average molecular weight is 447 g/mol. The summed E-state index contributed by atoms with van der Waals surface area (Å²) in [5.41, 5.74) is 5.39. The van der Waals surface area contributed by atoms with E-state index in [4.69, 9.17) is 9.47 Å². The molecule has 0 radical (unpaired) electrons. The first-order valence-electron chi connectivity index (χ1n) is 12.2. The van der Waals surface area contributed by atoms with Gasteiger partial charge in [0, 0.05) is 54.5 Å². The van der Waals surface area contributed by atoms with E-state index >= 15 is 0 Å².